The number of aliphatic carboxylic acids is 1. The van der Waals surface area contributed by atoms with Gasteiger partial charge in [0.1, 0.15) is 0 Å². The SMILES string of the molecule is Cc1cc(NC(=O)C2CC=CCC2C(=O)O)on1. The molecular weight excluding hydrogens is 236 g/mol. The summed E-state index contributed by atoms with van der Waals surface area (Å²) in [5.41, 5.74) is 0.656. The second kappa shape index (κ2) is 5.03. The molecule has 1 amide bonds. The first kappa shape index (κ1) is 12.3. The Labute approximate surface area is 104 Å². The molecule has 0 radical (unpaired) electrons. The van der Waals surface area contributed by atoms with Gasteiger partial charge in [0.25, 0.3) is 0 Å². The van der Waals surface area contributed by atoms with E-state index in [2.05, 4.69) is 10.5 Å². The Morgan fingerprint density at radius 3 is 2.61 bits per heavy atom. The Morgan fingerprint density at radius 1 is 1.39 bits per heavy atom. The zero-order valence-corrected chi connectivity index (χ0v) is 9.92. The van der Waals surface area contributed by atoms with Crippen LogP contribution in [0.5, 0.6) is 0 Å². The van der Waals surface area contributed by atoms with E-state index in [1.807, 2.05) is 6.08 Å². The van der Waals surface area contributed by atoms with Crippen LogP contribution in [0.25, 0.3) is 0 Å². The average molecular weight is 250 g/mol. The number of aryl methyl sites for hydroxylation is 1. The first-order valence-corrected chi connectivity index (χ1v) is 5.70. The van der Waals surface area contributed by atoms with Crippen molar-refractivity contribution in [1.29, 1.82) is 0 Å². The number of allylic oxidation sites excluding steroid dienone is 2. The third-order valence-corrected chi connectivity index (χ3v) is 2.96. The number of nitrogens with one attached hydrogen (secondary N) is 1. The summed E-state index contributed by atoms with van der Waals surface area (Å²) in [6.45, 7) is 1.74. The molecule has 0 spiro atoms. The monoisotopic (exact) mass is 250 g/mol. The molecule has 18 heavy (non-hydrogen) atoms. The summed E-state index contributed by atoms with van der Waals surface area (Å²) in [7, 11) is 0. The van der Waals surface area contributed by atoms with E-state index in [1.165, 1.54) is 0 Å². The molecular formula is C12H14N2O4. The number of carboxylic acids is 1. The Morgan fingerprint density at radius 2 is 2.06 bits per heavy atom. The first-order chi connectivity index (χ1) is 8.58. The van der Waals surface area contributed by atoms with Crippen LogP contribution in [0.15, 0.2) is 22.7 Å². The van der Waals surface area contributed by atoms with Gasteiger partial charge in [-0.1, -0.05) is 17.3 Å². The fourth-order valence-electron chi connectivity index (χ4n) is 2.01. The average Bonchev–Trinajstić information content (AvgIpc) is 2.74. The Hall–Kier alpha value is -2.11. The van der Waals surface area contributed by atoms with Gasteiger partial charge in [-0.3, -0.25) is 14.9 Å². The third kappa shape index (κ3) is 2.58. The molecule has 1 heterocycles. The van der Waals surface area contributed by atoms with Crippen molar-refractivity contribution < 1.29 is 19.2 Å². The van der Waals surface area contributed by atoms with Gasteiger partial charge in [0.15, 0.2) is 0 Å². The molecule has 96 valence electrons. The lowest BCUT2D eigenvalue weighted by Crippen LogP contribution is -2.34. The molecule has 0 aliphatic heterocycles. The van der Waals surface area contributed by atoms with E-state index in [0.29, 0.717) is 18.5 Å². The topological polar surface area (TPSA) is 92.4 Å². The van der Waals surface area contributed by atoms with Crippen molar-refractivity contribution in [3.8, 4) is 0 Å². The molecule has 1 aromatic rings. The Kier molecular flexibility index (Phi) is 3.45. The molecule has 1 aromatic heterocycles. The minimum absolute atomic E-state index is 0.246. The van der Waals surface area contributed by atoms with Crippen LogP contribution in [-0.4, -0.2) is 22.1 Å². The maximum atomic E-state index is 12.0. The normalized spacial score (nSPS) is 22.7. The number of anilines is 1. The van der Waals surface area contributed by atoms with E-state index in [9.17, 15) is 9.59 Å². The largest absolute Gasteiger partial charge is 0.481 e. The van der Waals surface area contributed by atoms with Gasteiger partial charge in [-0.15, -0.1) is 0 Å². The highest BCUT2D eigenvalue weighted by Crippen LogP contribution is 2.27. The number of amides is 1. The molecule has 1 aliphatic carbocycles. The van der Waals surface area contributed by atoms with E-state index in [4.69, 9.17) is 9.63 Å². The predicted molar refractivity (Wildman–Crippen MR) is 62.9 cm³/mol. The third-order valence-electron chi connectivity index (χ3n) is 2.96. The van der Waals surface area contributed by atoms with Gasteiger partial charge in [0.2, 0.25) is 11.8 Å². The number of carboxylic acid groups (broad SMARTS) is 1. The van der Waals surface area contributed by atoms with Gasteiger partial charge in [0, 0.05) is 6.07 Å². The summed E-state index contributed by atoms with van der Waals surface area (Å²) in [6.07, 6.45) is 4.43. The van der Waals surface area contributed by atoms with Crippen molar-refractivity contribution in [2.75, 3.05) is 5.32 Å². The van der Waals surface area contributed by atoms with Crippen molar-refractivity contribution in [2.24, 2.45) is 11.8 Å². The molecule has 0 aromatic carbocycles. The van der Waals surface area contributed by atoms with E-state index >= 15 is 0 Å². The Bertz CT molecular complexity index is 492. The molecule has 0 saturated heterocycles. The lowest BCUT2D eigenvalue weighted by atomic mass is 9.82. The van der Waals surface area contributed by atoms with E-state index in [-0.39, 0.29) is 11.8 Å². The van der Waals surface area contributed by atoms with Gasteiger partial charge in [-0.05, 0) is 19.8 Å². The standard InChI is InChI=1S/C12H14N2O4/c1-7-6-10(18-14-7)13-11(15)8-4-2-3-5-9(8)12(16)17/h2-3,6,8-9H,4-5H2,1H3,(H,13,15)(H,16,17). The second-order valence-corrected chi connectivity index (χ2v) is 4.32. The molecule has 2 N–H and O–H groups in total. The number of hydrogen-bond donors (Lipinski definition) is 2. The number of rotatable bonds is 3. The van der Waals surface area contributed by atoms with E-state index in [0.717, 1.165) is 0 Å². The highest BCUT2D eigenvalue weighted by molar-refractivity contribution is 5.94. The maximum absolute atomic E-state index is 12.0. The summed E-state index contributed by atoms with van der Waals surface area (Å²) in [4.78, 5) is 23.1. The molecule has 0 saturated carbocycles. The quantitative estimate of drug-likeness (QED) is 0.794. The van der Waals surface area contributed by atoms with E-state index in [1.54, 1.807) is 19.1 Å². The molecule has 6 nitrogen and oxygen atoms in total. The van der Waals surface area contributed by atoms with Gasteiger partial charge in [0.05, 0.1) is 17.5 Å². The van der Waals surface area contributed by atoms with Crippen LogP contribution in [0.4, 0.5) is 5.88 Å². The van der Waals surface area contributed by atoms with E-state index < -0.39 is 17.8 Å². The van der Waals surface area contributed by atoms with Gasteiger partial charge < -0.3 is 9.63 Å². The fourth-order valence-corrected chi connectivity index (χ4v) is 2.01. The van der Waals surface area contributed by atoms with Crippen molar-refractivity contribution in [1.82, 2.24) is 5.16 Å². The molecule has 2 unspecified atom stereocenters. The predicted octanol–water partition coefficient (Wildman–Crippen LogP) is 1.59. The fraction of sp³-hybridized carbons (Fsp3) is 0.417. The summed E-state index contributed by atoms with van der Waals surface area (Å²) in [6, 6.07) is 1.59. The van der Waals surface area contributed by atoms with Gasteiger partial charge in [-0.2, -0.15) is 0 Å². The lowest BCUT2D eigenvalue weighted by molar-refractivity contribution is -0.146. The highest BCUT2D eigenvalue weighted by Gasteiger charge is 2.34. The summed E-state index contributed by atoms with van der Waals surface area (Å²) in [5.74, 6) is -2.30. The van der Waals surface area contributed by atoms with Crippen LogP contribution in [0.1, 0.15) is 18.5 Å². The minimum atomic E-state index is -0.951. The van der Waals surface area contributed by atoms with Gasteiger partial charge in [-0.25, -0.2) is 0 Å². The Balaban J connectivity index is 2.07. The number of carbonyl (C=O) groups is 2. The van der Waals surface area contributed by atoms with Crippen LogP contribution >= 0.6 is 0 Å². The molecule has 0 bridgehead atoms. The smallest absolute Gasteiger partial charge is 0.307 e. The number of aromatic nitrogens is 1. The van der Waals surface area contributed by atoms with Crippen molar-refractivity contribution in [3.63, 3.8) is 0 Å². The van der Waals surface area contributed by atoms with Crippen LogP contribution in [-0.2, 0) is 9.59 Å². The zero-order chi connectivity index (χ0) is 13.1. The maximum Gasteiger partial charge on any atom is 0.307 e. The molecule has 2 rings (SSSR count). The summed E-state index contributed by atoms with van der Waals surface area (Å²) < 4.78 is 4.87. The second-order valence-electron chi connectivity index (χ2n) is 4.32. The molecule has 0 fully saturated rings. The lowest BCUT2D eigenvalue weighted by Gasteiger charge is -2.23. The number of hydrogen-bond acceptors (Lipinski definition) is 4. The van der Waals surface area contributed by atoms with Crippen molar-refractivity contribution >= 4 is 17.8 Å². The first-order valence-electron chi connectivity index (χ1n) is 5.70. The minimum Gasteiger partial charge on any atom is -0.481 e. The number of carbonyl (C=O) groups excluding carboxylic acids is 1. The van der Waals surface area contributed by atoms with Crippen molar-refractivity contribution in [2.45, 2.75) is 19.8 Å². The molecule has 1 aliphatic rings. The van der Waals surface area contributed by atoms with Crippen LogP contribution in [0.3, 0.4) is 0 Å². The highest BCUT2D eigenvalue weighted by atomic mass is 16.5. The van der Waals surface area contributed by atoms with Crippen LogP contribution in [0, 0.1) is 18.8 Å². The summed E-state index contributed by atoms with van der Waals surface area (Å²) in [5, 5.41) is 15.3. The number of nitrogens with zero attached hydrogens (tertiary/aromatic N) is 1. The summed E-state index contributed by atoms with van der Waals surface area (Å²) >= 11 is 0. The molecule has 2 atom stereocenters. The zero-order valence-electron chi connectivity index (χ0n) is 9.92. The van der Waals surface area contributed by atoms with Gasteiger partial charge >= 0.3 is 5.97 Å². The molecule has 6 heteroatoms. The van der Waals surface area contributed by atoms with Crippen LogP contribution < -0.4 is 5.32 Å². The van der Waals surface area contributed by atoms with Crippen molar-refractivity contribution in [3.05, 3.63) is 23.9 Å². The van der Waals surface area contributed by atoms with Crippen LogP contribution in [0.2, 0.25) is 0 Å².